The molecule has 0 atom stereocenters. The second-order valence-corrected chi connectivity index (χ2v) is 6.26. The van der Waals surface area contributed by atoms with Gasteiger partial charge in [0.25, 0.3) is 0 Å². The molecule has 0 aliphatic carbocycles. The van der Waals surface area contributed by atoms with Gasteiger partial charge in [0, 0.05) is 6.07 Å². The molecule has 20 heavy (non-hydrogen) atoms. The standard InChI is InChI=1S/C12H11N3O3S2/c1-2-19-12-14-13-11(20-12)15(6-16)8-3-4-9-10(5-8)18-7-17-9/h3-6H,2,7H2,1H3. The molecule has 0 saturated carbocycles. The maximum atomic E-state index is 11.4. The quantitative estimate of drug-likeness (QED) is 0.481. The highest BCUT2D eigenvalue weighted by atomic mass is 32.2. The second-order valence-electron chi connectivity index (χ2n) is 3.80. The number of fused-ring (bicyclic) bond motifs is 1. The first kappa shape index (κ1) is 13.2. The summed E-state index contributed by atoms with van der Waals surface area (Å²) in [6.07, 6.45) is 0.721. The van der Waals surface area contributed by atoms with Crippen LogP contribution in [0.1, 0.15) is 6.92 Å². The van der Waals surface area contributed by atoms with Crippen LogP contribution in [-0.4, -0.2) is 29.2 Å². The van der Waals surface area contributed by atoms with Crippen molar-refractivity contribution in [2.24, 2.45) is 0 Å². The molecule has 0 saturated heterocycles. The summed E-state index contributed by atoms with van der Waals surface area (Å²) in [5.41, 5.74) is 0.674. The van der Waals surface area contributed by atoms with Gasteiger partial charge in [-0.25, -0.2) is 0 Å². The Balaban J connectivity index is 1.90. The van der Waals surface area contributed by atoms with Crippen LogP contribution in [0.4, 0.5) is 10.8 Å². The highest BCUT2D eigenvalue weighted by Crippen LogP contribution is 2.38. The highest BCUT2D eigenvalue weighted by molar-refractivity contribution is 8.01. The van der Waals surface area contributed by atoms with Crippen molar-refractivity contribution in [1.29, 1.82) is 0 Å². The van der Waals surface area contributed by atoms with Crippen molar-refractivity contribution in [1.82, 2.24) is 10.2 Å². The third kappa shape index (κ3) is 2.44. The zero-order valence-electron chi connectivity index (χ0n) is 10.6. The second kappa shape index (κ2) is 5.68. The van der Waals surface area contributed by atoms with Gasteiger partial charge in [-0.1, -0.05) is 30.0 Å². The molecule has 104 valence electrons. The van der Waals surface area contributed by atoms with Crippen molar-refractivity contribution in [3.05, 3.63) is 18.2 Å². The first-order chi connectivity index (χ1) is 9.81. The number of carbonyl (C=O) groups excluding carboxylic acids is 1. The first-order valence-electron chi connectivity index (χ1n) is 5.92. The van der Waals surface area contributed by atoms with E-state index in [0.717, 1.165) is 16.5 Å². The minimum Gasteiger partial charge on any atom is -0.454 e. The Hall–Kier alpha value is -1.80. The van der Waals surface area contributed by atoms with Crippen molar-refractivity contribution in [3.63, 3.8) is 0 Å². The zero-order chi connectivity index (χ0) is 13.9. The summed E-state index contributed by atoms with van der Waals surface area (Å²) < 4.78 is 11.4. The molecule has 1 aromatic carbocycles. The maximum Gasteiger partial charge on any atom is 0.231 e. The molecule has 2 heterocycles. The number of thioether (sulfide) groups is 1. The average Bonchev–Trinajstić information content (AvgIpc) is 3.09. The van der Waals surface area contributed by atoms with Gasteiger partial charge in [0.05, 0.1) is 5.69 Å². The van der Waals surface area contributed by atoms with Gasteiger partial charge < -0.3 is 9.47 Å². The third-order valence-corrected chi connectivity index (χ3v) is 4.55. The van der Waals surface area contributed by atoms with Crippen LogP contribution in [0.15, 0.2) is 22.5 Å². The Morgan fingerprint density at radius 2 is 2.25 bits per heavy atom. The van der Waals surface area contributed by atoms with E-state index in [1.54, 1.807) is 30.0 Å². The number of anilines is 2. The average molecular weight is 309 g/mol. The lowest BCUT2D eigenvalue weighted by Gasteiger charge is -2.13. The molecule has 0 spiro atoms. The summed E-state index contributed by atoms with van der Waals surface area (Å²) in [7, 11) is 0. The van der Waals surface area contributed by atoms with E-state index < -0.39 is 0 Å². The molecule has 6 nitrogen and oxygen atoms in total. The van der Waals surface area contributed by atoms with E-state index in [0.29, 0.717) is 22.3 Å². The van der Waals surface area contributed by atoms with Crippen molar-refractivity contribution < 1.29 is 14.3 Å². The number of rotatable bonds is 5. The first-order valence-corrected chi connectivity index (χ1v) is 7.72. The van der Waals surface area contributed by atoms with E-state index in [2.05, 4.69) is 10.2 Å². The number of aromatic nitrogens is 2. The Bertz CT molecular complexity index is 632. The van der Waals surface area contributed by atoms with Gasteiger partial charge in [-0.2, -0.15) is 0 Å². The van der Waals surface area contributed by atoms with E-state index in [1.165, 1.54) is 16.2 Å². The fraction of sp³-hybridized carbons (Fsp3) is 0.250. The van der Waals surface area contributed by atoms with Gasteiger partial charge >= 0.3 is 0 Å². The van der Waals surface area contributed by atoms with Crippen LogP contribution in [-0.2, 0) is 4.79 Å². The van der Waals surface area contributed by atoms with Crippen molar-refractivity contribution >= 4 is 40.3 Å². The van der Waals surface area contributed by atoms with Crippen molar-refractivity contribution in [3.8, 4) is 11.5 Å². The van der Waals surface area contributed by atoms with Gasteiger partial charge in [-0.3, -0.25) is 9.69 Å². The molecule has 8 heteroatoms. The number of hydrogen-bond acceptors (Lipinski definition) is 7. The molecular formula is C12H11N3O3S2. The molecule has 0 bridgehead atoms. The maximum absolute atomic E-state index is 11.4. The van der Waals surface area contributed by atoms with E-state index >= 15 is 0 Å². The minimum absolute atomic E-state index is 0.204. The highest BCUT2D eigenvalue weighted by Gasteiger charge is 2.19. The van der Waals surface area contributed by atoms with E-state index in [1.807, 2.05) is 6.92 Å². The van der Waals surface area contributed by atoms with Gasteiger partial charge in [0.15, 0.2) is 15.8 Å². The SMILES string of the molecule is CCSc1nnc(N(C=O)c2ccc3c(c2)OCO3)s1. The normalized spacial score (nSPS) is 12.4. The minimum atomic E-state index is 0.204. The lowest BCUT2D eigenvalue weighted by atomic mass is 10.2. The summed E-state index contributed by atoms with van der Waals surface area (Å²) in [5.74, 6) is 2.22. The summed E-state index contributed by atoms with van der Waals surface area (Å²) in [5, 5.41) is 8.63. The van der Waals surface area contributed by atoms with Crippen LogP contribution in [0.25, 0.3) is 0 Å². The number of benzene rings is 1. The van der Waals surface area contributed by atoms with E-state index in [4.69, 9.17) is 9.47 Å². The Kier molecular flexibility index (Phi) is 3.75. The fourth-order valence-corrected chi connectivity index (χ4v) is 3.46. The number of nitrogens with zero attached hydrogens (tertiary/aromatic N) is 3. The van der Waals surface area contributed by atoms with Crippen molar-refractivity contribution in [2.75, 3.05) is 17.4 Å². The molecule has 1 aromatic heterocycles. The monoisotopic (exact) mass is 309 g/mol. The molecule has 0 unspecified atom stereocenters. The van der Waals surface area contributed by atoms with Gasteiger partial charge in [0.2, 0.25) is 18.3 Å². The Labute approximate surface area is 123 Å². The molecular weight excluding hydrogens is 298 g/mol. The van der Waals surface area contributed by atoms with Crippen molar-refractivity contribution in [2.45, 2.75) is 11.3 Å². The van der Waals surface area contributed by atoms with E-state index in [-0.39, 0.29) is 6.79 Å². The van der Waals surface area contributed by atoms with Crippen LogP contribution in [0, 0.1) is 0 Å². The summed E-state index contributed by atoms with van der Waals surface area (Å²) in [6.45, 7) is 2.25. The summed E-state index contributed by atoms with van der Waals surface area (Å²) >= 11 is 2.98. The van der Waals surface area contributed by atoms with Crippen LogP contribution in [0.5, 0.6) is 11.5 Å². The summed E-state index contributed by atoms with van der Waals surface area (Å²) in [6, 6.07) is 5.32. The topological polar surface area (TPSA) is 64.6 Å². The van der Waals surface area contributed by atoms with Gasteiger partial charge in [0.1, 0.15) is 0 Å². The van der Waals surface area contributed by atoms with Crippen LogP contribution in [0.3, 0.4) is 0 Å². The predicted molar refractivity (Wildman–Crippen MR) is 77.1 cm³/mol. The molecule has 2 aromatic rings. The van der Waals surface area contributed by atoms with Crippen LogP contribution >= 0.6 is 23.1 Å². The predicted octanol–water partition coefficient (Wildman–Crippen LogP) is 2.67. The Morgan fingerprint density at radius 3 is 3.05 bits per heavy atom. The molecule has 1 aliphatic heterocycles. The van der Waals surface area contributed by atoms with Gasteiger partial charge in [-0.05, 0) is 17.9 Å². The number of hydrogen-bond donors (Lipinski definition) is 0. The van der Waals surface area contributed by atoms with Gasteiger partial charge in [-0.15, -0.1) is 10.2 Å². The third-order valence-electron chi connectivity index (χ3n) is 2.61. The van der Waals surface area contributed by atoms with E-state index in [9.17, 15) is 4.79 Å². The summed E-state index contributed by atoms with van der Waals surface area (Å²) in [4.78, 5) is 12.8. The number of carbonyl (C=O) groups is 1. The number of ether oxygens (including phenoxy) is 2. The largest absolute Gasteiger partial charge is 0.454 e. The van der Waals surface area contributed by atoms with Crippen LogP contribution in [0.2, 0.25) is 0 Å². The molecule has 0 radical (unpaired) electrons. The lowest BCUT2D eigenvalue weighted by molar-refractivity contribution is -0.106. The molecule has 1 aliphatic rings. The Morgan fingerprint density at radius 1 is 1.40 bits per heavy atom. The van der Waals surface area contributed by atoms with Crippen LogP contribution < -0.4 is 14.4 Å². The number of amides is 1. The lowest BCUT2D eigenvalue weighted by Crippen LogP contribution is -2.13. The molecule has 0 fully saturated rings. The molecule has 3 rings (SSSR count). The zero-order valence-corrected chi connectivity index (χ0v) is 12.2. The fourth-order valence-electron chi connectivity index (χ4n) is 1.73. The molecule has 1 amide bonds. The molecule has 0 N–H and O–H groups in total. The smallest absolute Gasteiger partial charge is 0.231 e.